The normalized spacial score (nSPS) is 10.2. The van der Waals surface area contributed by atoms with Crippen LogP contribution in [0.25, 0.3) is 11.3 Å². The maximum absolute atomic E-state index is 11.5. The first-order chi connectivity index (χ1) is 9.04. The number of ether oxygens (including phenoxy) is 1. The summed E-state index contributed by atoms with van der Waals surface area (Å²) in [5.41, 5.74) is 1.05. The number of hydrogen-bond donors (Lipinski definition) is 0. The molecule has 0 spiro atoms. The Labute approximate surface area is 108 Å². The van der Waals surface area contributed by atoms with Gasteiger partial charge >= 0.3 is 5.97 Å². The number of benzene rings is 1. The summed E-state index contributed by atoms with van der Waals surface area (Å²) in [5.74, 6) is -0.543. The minimum atomic E-state index is -0.543. The van der Waals surface area contributed by atoms with Gasteiger partial charge in [-0.25, -0.2) is 4.79 Å². The van der Waals surface area contributed by atoms with Crippen LogP contribution in [0.1, 0.15) is 10.4 Å². The summed E-state index contributed by atoms with van der Waals surface area (Å²) in [5, 5.41) is 15.0. The zero-order valence-corrected chi connectivity index (χ0v) is 10.4. The van der Waals surface area contributed by atoms with Crippen molar-refractivity contribution in [3.8, 4) is 11.3 Å². The van der Waals surface area contributed by atoms with Crippen molar-refractivity contribution in [1.82, 2.24) is 9.78 Å². The number of rotatable bonds is 3. The van der Waals surface area contributed by atoms with E-state index in [-0.39, 0.29) is 11.3 Å². The largest absolute Gasteiger partial charge is 0.465 e. The van der Waals surface area contributed by atoms with E-state index in [1.807, 2.05) is 0 Å². The van der Waals surface area contributed by atoms with Crippen LogP contribution >= 0.6 is 0 Å². The molecule has 0 aliphatic carbocycles. The van der Waals surface area contributed by atoms with Crippen molar-refractivity contribution in [1.29, 1.82) is 0 Å². The third-order valence-corrected chi connectivity index (χ3v) is 2.71. The number of aromatic nitrogens is 2. The van der Waals surface area contributed by atoms with Gasteiger partial charge in [-0.3, -0.25) is 14.8 Å². The second kappa shape index (κ2) is 4.89. The minimum absolute atomic E-state index is 0.0868. The van der Waals surface area contributed by atoms with Crippen LogP contribution in [0.15, 0.2) is 30.5 Å². The van der Waals surface area contributed by atoms with Crippen molar-refractivity contribution in [2.24, 2.45) is 7.05 Å². The zero-order chi connectivity index (χ0) is 14.0. The zero-order valence-electron chi connectivity index (χ0n) is 10.4. The van der Waals surface area contributed by atoms with Crippen LogP contribution in [0.5, 0.6) is 0 Å². The smallest absolute Gasteiger partial charge is 0.337 e. The van der Waals surface area contributed by atoms with Gasteiger partial charge in [0.25, 0.3) is 5.69 Å². The van der Waals surface area contributed by atoms with Crippen LogP contribution in [0.3, 0.4) is 0 Å². The number of hydrogen-bond acceptors (Lipinski definition) is 5. The first kappa shape index (κ1) is 12.7. The number of nitrogens with zero attached hydrogens (tertiary/aromatic N) is 3. The van der Waals surface area contributed by atoms with Crippen LogP contribution in [-0.2, 0) is 11.8 Å². The monoisotopic (exact) mass is 261 g/mol. The Kier molecular flexibility index (Phi) is 3.28. The number of nitro benzene ring substituents is 1. The average Bonchev–Trinajstić information content (AvgIpc) is 2.83. The number of esters is 1. The van der Waals surface area contributed by atoms with E-state index in [4.69, 9.17) is 0 Å². The van der Waals surface area contributed by atoms with E-state index >= 15 is 0 Å². The third kappa shape index (κ3) is 2.30. The van der Waals surface area contributed by atoms with Crippen LogP contribution in [-0.4, -0.2) is 27.8 Å². The highest BCUT2D eigenvalue weighted by molar-refractivity contribution is 5.92. The van der Waals surface area contributed by atoms with Gasteiger partial charge in [-0.1, -0.05) is 0 Å². The molecule has 0 N–H and O–H groups in total. The van der Waals surface area contributed by atoms with E-state index in [0.717, 1.165) is 0 Å². The van der Waals surface area contributed by atoms with Gasteiger partial charge in [0.1, 0.15) is 0 Å². The highest BCUT2D eigenvalue weighted by atomic mass is 16.6. The minimum Gasteiger partial charge on any atom is -0.465 e. The third-order valence-electron chi connectivity index (χ3n) is 2.71. The second-order valence-corrected chi connectivity index (χ2v) is 3.82. The van der Waals surface area contributed by atoms with E-state index < -0.39 is 10.9 Å². The molecule has 7 heteroatoms. The SMILES string of the molecule is COC(=O)c1ccc([N+](=O)[O-])c(-c2ccnn2C)c1. The van der Waals surface area contributed by atoms with Crippen molar-refractivity contribution in [3.63, 3.8) is 0 Å². The summed E-state index contributed by atoms with van der Waals surface area (Å²) >= 11 is 0. The number of aryl methyl sites for hydroxylation is 1. The van der Waals surface area contributed by atoms with Gasteiger partial charge in [0, 0.05) is 19.3 Å². The van der Waals surface area contributed by atoms with Crippen molar-refractivity contribution in [2.75, 3.05) is 7.11 Å². The lowest BCUT2D eigenvalue weighted by atomic mass is 10.1. The Morgan fingerprint density at radius 3 is 2.68 bits per heavy atom. The number of nitro groups is 1. The highest BCUT2D eigenvalue weighted by Crippen LogP contribution is 2.30. The molecule has 0 saturated carbocycles. The molecule has 0 amide bonds. The lowest BCUT2D eigenvalue weighted by Crippen LogP contribution is -2.04. The van der Waals surface area contributed by atoms with E-state index in [9.17, 15) is 14.9 Å². The Morgan fingerprint density at radius 2 is 2.16 bits per heavy atom. The fourth-order valence-corrected chi connectivity index (χ4v) is 1.78. The van der Waals surface area contributed by atoms with Crippen LogP contribution < -0.4 is 0 Å². The Hall–Kier alpha value is -2.70. The molecule has 2 aromatic rings. The molecule has 0 unspecified atom stereocenters. The molecule has 19 heavy (non-hydrogen) atoms. The van der Waals surface area contributed by atoms with Gasteiger partial charge in [-0.15, -0.1) is 0 Å². The molecule has 0 aliphatic heterocycles. The van der Waals surface area contributed by atoms with Gasteiger partial charge in [-0.2, -0.15) is 5.10 Å². The van der Waals surface area contributed by atoms with Crippen LogP contribution in [0.2, 0.25) is 0 Å². The van der Waals surface area contributed by atoms with Crippen molar-refractivity contribution in [3.05, 3.63) is 46.1 Å². The predicted molar refractivity (Wildman–Crippen MR) is 66.6 cm³/mol. The molecule has 1 aromatic heterocycles. The number of carbonyl (C=O) groups is 1. The molecule has 2 rings (SSSR count). The molecule has 98 valence electrons. The van der Waals surface area contributed by atoms with Gasteiger partial charge in [-0.05, 0) is 18.2 Å². The Balaban J connectivity index is 2.64. The maximum atomic E-state index is 11.5. The molecule has 0 fully saturated rings. The fraction of sp³-hybridized carbons (Fsp3) is 0.167. The van der Waals surface area contributed by atoms with Crippen molar-refractivity contribution in [2.45, 2.75) is 0 Å². The molecule has 7 nitrogen and oxygen atoms in total. The summed E-state index contributed by atoms with van der Waals surface area (Å²) in [6, 6.07) is 5.72. The molecule has 0 radical (unpaired) electrons. The summed E-state index contributed by atoms with van der Waals surface area (Å²) in [6.07, 6.45) is 1.53. The van der Waals surface area contributed by atoms with E-state index in [1.165, 1.54) is 36.2 Å². The quantitative estimate of drug-likeness (QED) is 0.477. The summed E-state index contributed by atoms with van der Waals surface area (Å²) in [6.45, 7) is 0. The molecule has 0 saturated heterocycles. The highest BCUT2D eigenvalue weighted by Gasteiger charge is 2.20. The molecule has 0 aliphatic rings. The number of methoxy groups -OCH3 is 1. The Bertz CT molecular complexity index is 648. The van der Waals surface area contributed by atoms with Crippen LogP contribution in [0, 0.1) is 10.1 Å². The first-order valence-electron chi connectivity index (χ1n) is 5.39. The number of carbonyl (C=O) groups excluding carboxylic acids is 1. The standard InChI is InChI=1S/C12H11N3O4/c1-14-10(5-6-13-14)9-7-8(12(16)19-2)3-4-11(9)15(17)18/h3-7H,1-2H3. The molecule has 1 heterocycles. The second-order valence-electron chi connectivity index (χ2n) is 3.82. The molecular weight excluding hydrogens is 250 g/mol. The van der Waals surface area contributed by atoms with E-state index in [0.29, 0.717) is 11.3 Å². The summed E-state index contributed by atoms with van der Waals surface area (Å²) in [4.78, 5) is 22.0. The van der Waals surface area contributed by atoms with E-state index in [2.05, 4.69) is 9.84 Å². The van der Waals surface area contributed by atoms with Gasteiger partial charge in [0.05, 0.1) is 28.9 Å². The van der Waals surface area contributed by atoms with Gasteiger partial charge < -0.3 is 4.74 Å². The van der Waals surface area contributed by atoms with Gasteiger partial charge in [0.2, 0.25) is 0 Å². The molecule has 1 aromatic carbocycles. The summed E-state index contributed by atoms with van der Waals surface area (Å²) in [7, 11) is 2.93. The Morgan fingerprint density at radius 1 is 1.42 bits per heavy atom. The predicted octanol–water partition coefficient (Wildman–Crippen LogP) is 1.78. The lowest BCUT2D eigenvalue weighted by Gasteiger charge is -2.06. The average molecular weight is 261 g/mol. The van der Waals surface area contributed by atoms with E-state index in [1.54, 1.807) is 13.1 Å². The van der Waals surface area contributed by atoms with Crippen molar-refractivity contribution < 1.29 is 14.5 Å². The van der Waals surface area contributed by atoms with Crippen LogP contribution in [0.4, 0.5) is 5.69 Å². The maximum Gasteiger partial charge on any atom is 0.337 e. The first-order valence-corrected chi connectivity index (χ1v) is 5.39. The molecule has 0 bridgehead atoms. The molecule has 0 atom stereocenters. The molecular formula is C12H11N3O4. The topological polar surface area (TPSA) is 87.3 Å². The van der Waals surface area contributed by atoms with Gasteiger partial charge in [0.15, 0.2) is 0 Å². The summed E-state index contributed by atoms with van der Waals surface area (Å²) < 4.78 is 6.11. The lowest BCUT2D eigenvalue weighted by molar-refractivity contribution is -0.384. The fourth-order valence-electron chi connectivity index (χ4n) is 1.78. The van der Waals surface area contributed by atoms with Crippen molar-refractivity contribution >= 4 is 11.7 Å².